The predicted molar refractivity (Wildman–Crippen MR) is 141 cm³/mol. The van der Waals surface area contributed by atoms with E-state index < -0.39 is 0 Å². The van der Waals surface area contributed by atoms with Crippen molar-refractivity contribution < 1.29 is 19.1 Å². The van der Waals surface area contributed by atoms with Gasteiger partial charge in [-0.05, 0) is 91.0 Å². The Kier molecular flexibility index (Phi) is 7.50. The maximum absolute atomic E-state index is 12.9. The monoisotopic (exact) mass is 488 g/mol. The molecule has 4 heteroatoms. The first-order valence-electron chi connectivity index (χ1n) is 13.9. The average molecular weight is 489 g/mol. The molecule has 4 nitrogen and oxygen atoms in total. The van der Waals surface area contributed by atoms with Gasteiger partial charge in [0.1, 0.15) is 18.1 Å². The van der Waals surface area contributed by atoms with E-state index >= 15 is 0 Å². The molecule has 0 radical (unpaired) electrons. The van der Waals surface area contributed by atoms with Gasteiger partial charge in [0.2, 0.25) is 0 Å². The predicted octanol–water partition coefficient (Wildman–Crippen LogP) is 7.04. The summed E-state index contributed by atoms with van der Waals surface area (Å²) < 4.78 is 11.3. The number of carbonyl (C=O) groups is 2. The van der Waals surface area contributed by atoms with Crippen molar-refractivity contribution in [2.45, 2.75) is 84.2 Å². The molecule has 5 atom stereocenters. The molecular weight excluding hydrogens is 448 g/mol. The van der Waals surface area contributed by atoms with Gasteiger partial charge in [-0.2, -0.15) is 0 Å². The second kappa shape index (κ2) is 10.8. The lowest BCUT2D eigenvalue weighted by Crippen LogP contribution is -2.46. The fraction of sp³-hybridized carbons (Fsp3) is 0.562. The molecule has 192 valence electrons. The summed E-state index contributed by atoms with van der Waals surface area (Å²) in [6.45, 7) is 4.84. The highest BCUT2D eigenvalue weighted by atomic mass is 16.5. The van der Waals surface area contributed by atoms with E-state index in [0.29, 0.717) is 42.7 Å². The molecule has 0 spiro atoms. The number of benzene rings is 2. The molecule has 0 unspecified atom stereocenters. The van der Waals surface area contributed by atoms with Gasteiger partial charge in [0, 0.05) is 18.8 Å². The molecule has 0 aromatic heterocycles. The standard InChI is InChI=1S/C32H40O4/c1-22(33)35-18-8-4-7-11-24-19-25-20-26(36-21-23-9-5-3-6-10-23)12-13-27(25)28-16-17-32(2)29(31(24)28)14-15-30(32)34/h3,5-6,9-10,12-13,20,24,28-29,31H,4,7-8,11,14-19,21H2,1-2H3/t24-,28-,29+,31-,32+/m1/s1. The van der Waals surface area contributed by atoms with Crippen molar-refractivity contribution in [3.63, 3.8) is 0 Å². The zero-order valence-corrected chi connectivity index (χ0v) is 21.8. The van der Waals surface area contributed by atoms with E-state index in [4.69, 9.17) is 9.47 Å². The van der Waals surface area contributed by atoms with Crippen LogP contribution >= 0.6 is 0 Å². The second-order valence-corrected chi connectivity index (χ2v) is 11.5. The normalized spacial score (nSPS) is 28.7. The summed E-state index contributed by atoms with van der Waals surface area (Å²) in [4.78, 5) is 24.0. The number of esters is 1. The van der Waals surface area contributed by atoms with Gasteiger partial charge in [0.05, 0.1) is 6.61 Å². The van der Waals surface area contributed by atoms with Gasteiger partial charge in [-0.3, -0.25) is 9.59 Å². The molecule has 0 aliphatic heterocycles. The third kappa shape index (κ3) is 5.10. The van der Waals surface area contributed by atoms with Gasteiger partial charge in [0.15, 0.2) is 0 Å². The van der Waals surface area contributed by atoms with E-state index in [2.05, 4.69) is 37.3 Å². The van der Waals surface area contributed by atoms with Crippen molar-refractivity contribution in [3.05, 3.63) is 65.2 Å². The van der Waals surface area contributed by atoms with Crippen LogP contribution in [0.1, 0.15) is 87.8 Å². The molecule has 0 heterocycles. The van der Waals surface area contributed by atoms with Crippen molar-refractivity contribution >= 4 is 11.8 Å². The van der Waals surface area contributed by atoms with E-state index in [1.54, 1.807) is 0 Å². The summed E-state index contributed by atoms with van der Waals surface area (Å²) in [6, 6.07) is 17.1. The van der Waals surface area contributed by atoms with Gasteiger partial charge in [-0.1, -0.05) is 56.2 Å². The number of ketones is 1. The number of unbranched alkanes of at least 4 members (excludes halogenated alkanes) is 2. The Morgan fingerprint density at radius 2 is 1.89 bits per heavy atom. The van der Waals surface area contributed by atoms with E-state index in [9.17, 15) is 9.59 Å². The molecule has 2 aromatic rings. The zero-order valence-electron chi connectivity index (χ0n) is 21.8. The molecule has 2 aromatic carbocycles. The van der Waals surface area contributed by atoms with Gasteiger partial charge in [0.25, 0.3) is 0 Å². The van der Waals surface area contributed by atoms with Crippen LogP contribution in [0.4, 0.5) is 0 Å². The van der Waals surface area contributed by atoms with E-state index in [1.165, 1.54) is 30.0 Å². The fourth-order valence-corrected chi connectivity index (χ4v) is 7.55. The van der Waals surface area contributed by atoms with E-state index in [1.807, 2.05) is 18.2 Å². The Labute approximate surface area is 215 Å². The molecule has 3 aliphatic rings. The van der Waals surface area contributed by atoms with E-state index in [0.717, 1.165) is 57.1 Å². The van der Waals surface area contributed by atoms with Gasteiger partial charge < -0.3 is 9.47 Å². The highest BCUT2D eigenvalue weighted by Crippen LogP contribution is 2.61. The van der Waals surface area contributed by atoms with Crippen molar-refractivity contribution in [1.29, 1.82) is 0 Å². The third-order valence-electron chi connectivity index (χ3n) is 9.35. The number of hydrogen-bond acceptors (Lipinski definition) is 4. The molecule has 0 amide bonds. The first-order chi connectivity index (χ1) is 17.5. The molecule has 0 N–H and O–H groups in total. The Morgan fingerprint density at radius 1 is 1.06 bits per heavy atom. The van der Waals surface area contributed by atoms with E-state index in [-0.39, 0.29) is 11.4 Å². The maximum atomic E-state index is 12.9. The van der Waals surface area contributed by atoms with Crippen LogP contribution in [0, 0.1) is 23.2 Å². The molecular formula is C32H40O4. The molecule has 0 saturated heterocycles. The molecule has 2 fully saturated rings. The average Bonchev–Trinajstić information content (AvgIpc) is 3.19. The summed E-state index contributed by atoms with van der Waals surface area (Å²) in [5.41, 5.74) is 4.00. The number of hydrogen-bond donors (Lipinski definition) is 0. The minimum absolute atomic E-state index is 0.120. The SMILES string of the molecule is CC(=O)OCCCCC[C@@H]1Cc2cc(OCc3ccccc3)ccc2[C@H]2CC[C@]3(C)C(=O)CC[C@H]3[C@H]12. The van der Waals surface area contributed by atoms with Gasteiger partial charge in [-0.25, -0.2) is 0 Å². The maximum Gasteiger partial charge on any atom is 0.302 e. The molecule has 0 bridgehead atoms. The minimum Gasteiger partial charge on any atom is -0.489 e. The Balaban J connectivity index is 1.33. The Bertz CT molecular complexity index is 1080. The van der Waals surface area contributed by atoms with Crippen LogP contribution in [0.3, 0.4) is 0 Å². The van der Waals surface area contributed by atoms with Crippen LogP contribution < -0.4 is 4.74 Å². The first kappa shape index (κ1) is 25.0. The lowest BCUT2D eigenvalue weighted by Gasteiger charge is -2.51. The van der Waals surface area contributed by atoms with Crippen LogP contribution in [0.25, 0.3) is 0 Å². The molecule has 5 rings (SSSR count). The number of rotatable bonds is 9. The topological polar surface area (TPSA) is 52.6 Å². The summed E-state index contributed by atoms with van der Waals surface area (Å²) in [7, 11) is 0. The summed E-state index contributed by atoms with van der Waals surface area (Å²) >= 11 is 0. The quantitative estimate of drug-likeness (QED) is 0.281. The summed E-state index contributed by atoms with van der Waals surface area (Å²) in [6.07, 6.45) is 9.36. The van der Waals surface area contributed by atoms with Crippen molar-refractivity contribution in [3.8, 4) is 5.75 Å². The molecule has 36 heavy (non-hydrogen) atoms. The van der Waals surface area contributed by atoms with Crippen LogP contribution in [-0.2, 0) is 27.4 Å². The smallest absolute Gasteiger partial charge is 0.302 e. The third-order valence-corrected chi connectivity index (χ3v) is 9.35. The largest absolute Gasteiger partial charge is 0.489 e. The number of fused-ring (bicyclic) bond motifs is 5. The van der Waals surface area contributed by atoms with Crippen LogP contribution in [0.2, 0.25) is 0 Å². The van der Waals surface area contributed by atoms with Crippen LogP contribution in [0.15, 0.2) is 48.5 Å². The molecule has 3 aliphatic carbocycles. The van der Waals surface area contributed by atoms with Gasteiger partial charge in [-0.15, -0.1) is 0 Å². The Hall–Kier alpha value is -2.62. The Morgan fingerprint density at radius 3 is 2.69 bits per heavy atom. The first-order valence-corrected chi connectivity index (χ1v) is 13.9. The van der Waals surface area contributed by atoms with Crippen LogP contribution in [-0.4, -0.2) is 18.4 Å². The molecule has 2 saturated carbocycles. The second-order valence-electron chi connectivity index (χ2n) is 11.5. The number of carbonyl (C=O) groups excluding carboxylic acids is 2. The lowest BCUT2D eigenvalue weighted by molar-refractivity contribution is -0.141. The van der Waals surface area contributed by atoms with Crippen LogP contribution in [0.5, 0.6) is 5.75 Å². The summed E-state index contributed by atoms with van der Waals surface area (Å²) in [5.74, 6) is 3.50. The van der Waals surface area contributed by atoms with Gasteiger partial charge >= 0.3 is 5.97 Å². The number of Topliss-reactive ketones (excluding diaryl/α,β-unsaturated/α-hetero) is 1. The fourth-order valence-electron chi connectivity index (χ4n) is 7.55. The minimum atomic E-state index is -0.195. The lowest BCUT2D eigenvalue weighted by atomic mass is 9.52. The summed E-state index contributed by atoms with van der Waals surface area (Å²) in [5, 5.41) is 0. The van der Waals surface area contributed by atoms with Crippen molar-refractivity contribution in [2.24, 2.45) is 23.2 Å². The van der Waals surface area contributed by atoms with Crippen molar-refractivity contribution in [1.82, 2.24) is 0 Å². The zero-order chi connectivity index (χ0) is 25.1. The van der Waals surface area contributed by atoms with Crippen molar-refractivity contribution in [2.75, 3.05) is 6.61 Å². The highest BCUT2D eigenvalue weighted by molar-refractivity contribution is 5.87. The number of ether oxygens (including phenoxy) is 2. The highest BCUT2D eigenvalue weighted by Gasteiger charge is 2.56.